The lowest BCUT2D eigenvalue weighted by Crippen LogP contribution is -2.33. The summed E-state index contributed by atoms with van der Waals surface area (Å²) in [6.45, 7) is 0.384. The van der Waals surface area contributed by atoms with Gasteiger partial charge in [-0.2, -0.15) is 0 Å². The molecule has 108 valence electrons. The lowest BCUT2D eigenvalue weighted by atomic mass is 10.1. The number of nitrogens with zero attached hydrogens (tertiary/aromatic N) is 1. The molecule has 2 aromatic rings. The van der Waals surface area contributed by atoms with Crippen molar-refractivity contribution in [3.05, 3.63) is 59.1 Å². The van der Waals surface area contributed by atoms with Crippen molar-refractivity contribution in [3.63, 3.8) is 0 Å². The van der Waals surface area contributed by atoms with Crippen LogP contribution in [0.2, 0.25) is 5.02 Å². The van der Waals surface area contributed by atoms with Gasteiger partial charge in [0.2, 0.25) is 0 Å². The third-order valence-electron chi connectivity index (χ3n) is 3.53. The number of anilines is 1. The zero-order valence-corrected chi connectivity index (χ0v) is 11.9. The van der Waals surface area contributed by atoms with Gasteiger partial charge in [0.1, 0.15) is 5.75 Å². The Morgan fingerprint density at radius 2 is 2.00 bits per heavy atom. The molecule has 0 aromatic heterocycles. The number of benzene rings is 2. The van der Waals surface area contributed by atoms with E-state index in [1.165, 1.54) is 0 Å². The van der Waals surface area contributed by atoms with Gasteiger partial charge < -0.3 is 14.7 Å². The Morgan fingerprint density at radius 3 is 2.67 bits per heavy atom. The van der Waals surface area contributed by atoms with E-state index in [0.717, 1.165) is 17.5 Å². The van der Waals surface area contributed by atoms with Crippen LogP contribution in [0.5, 0.6) is 5.75 Å². The van der Waals surface area contributed by atoms with Crippen molar-refractivity contribution in [2.24, 2.45) is 0 Å². The Kier molecular flexibility index (Phi) is 3.82. The molecule has 2 aromatic carbocycles. The molecule has 4 nitrogen and oxygen atoms in total. The van der Waals surface area contributed by atoms with Gasteiger partial charge in [-0.1, -0.05) is 23.7 Å². The van der Waals surface area contributed by atoms with Crippen molar-refractivity contribution in [2.75, 3.05) is 11.5 Å². The van der Waals surface area contributed by atoms with Crippen LogP contribution in [0.1, 0.15) is 11.6 Å². The molecule has 5 heteroatoms. The maximum atomic E-state index is 11.3. The SMILES string of the molecule is O=CC1OC[C@H](c2cccc(O)c2)N1c1ccc(Cl)cc1. The smallest absolute Gasteiger partial charge is 0.187 e. The third kappa shape index (κ3) is 2.73. The fraction of sp³-hybridized carbons (Fsp3) is 0.188. The first kappa shape index (κ1) is 13.9. The van der Waals surface area contributed by atoms with Gasteiger partial charge in [0.15, 0.2) is 12.5 Å². The van der Waals surface area contributed by atoms with Crippen LogP contribution in [0.3, 0.4) is 0 Å². The molecule has 0 amide bonds. The Labute approximate surface area is 127 Å². The van der Waals surface area contributed by atoms with Crippen LogP contribution in [0.25, 0.3) is 0 Å². The van der Waals surface area contributed by atoms with E-state index in [9.17, 15) is 9.90 Å². The van der Waals surface area contributed by atoms with Crippen LogP contribution in [0.4, 0.5) is 5.69 Å². The predicted octanol–water partition coefficient (Wildman–Crippen LogP) is 3.15. The predicted molar refractivity (Wildman–Crippen MR) is 80.6 cm³/mol. The number of phenolic OH excluding ortho intramolecular Hbond substituents is 1. The lowest BCUT2D eigenvalue weighted by Gasteiger charge is -2.28. The average molecular weight is 304 g/mol. The highest BCUT2D eigenvalue weighted by molar-refractivity contribution is 6.30. The maximum Gasteiger partial charge on any atom is 0.187 e. The molecular weight excluding hydrogens is 290 g/mol. The zero-order chi connectivity index (χ0) is 14.8. The van der Waals surface area contributed by atoms with Crippen LogP contribution in [-0.2, 0) is 9.53 Å². The number of phenols is 1. The number of carbonyl (C=O) groups excluding carboxylic acids is 1. The quantitative estimate of drug-likeness (QED) is 0.885. The summed E-state index contributed by atoms with van der Waals surface area (Å²) in [5, 5.41) is 10.3. The molecule has 1 aliphatic heterocycles. The molecular formula is C16H14ClNO3. The molecule has 0 spiro atoms. The van der Waals surface area contributed by atoms with Crippen LogP contribution >= 0.6 is 11.6 Å². The molecule has 0 aliphatic carbocycles. The highest BCUT2D eigenvalue weighted by atomic mass is 35.5. The van der Waals surface area contributed by atoms with Gasteiger partial charge in [-0.15, -0.1) is 0 Å². The van der Waals surface area contributed by atoms with Gasteiger partial charge >= 0.3 is 0 Å². The number of carbonyl (C=O) groups is 1. The molecule has 1 aliphatic rings. The second-order valence-electron chi connectivity index (χ2n) is 4.85. The molecule has 0 bridgehead atoms. The summed E-state index contributed by atoms with van der Waals surface area (Å²) in [5.74, 6) is 0.193. The third-order valence-corrected chi connectivity index (χ3v) is 3.78. The molecule has 2 atom stereocenters. The summed E-state index contributed by atoms with van der Waals surface area (Å²) in [6.07, 6.45) is 0.135. The Hall–Kier alpha value is -2.04. The van der Waals surface area contributed by atoms with Crippen molar-refractivity contribution in [1.29, 1.82) is 0 Å². The summed E-state index contributed by atoms with van der Waals surface area (Å²) in [4.78, 5) is 13.1. The number of aromatic hydroxyl groups is 1. The van der Waals surface area contributed by atoms with Crippen molar-refractivity contribution >= 4 is 23.6 Å². The minimum Gasteiger partial charge on any atom is -0.508 e. The summed E-state index contributed by atoms with van der Waals surface area (Å²) >= 11 is 5.91. The van der Waals surface area contributed by atoms with E-state index >= 15 is 0 Å². The Balaban J connectivity index is 1.99. The second kappa shape index (κ2) is 5.76. The maximum absolute atomic E-state index is 11.3. The van der Waals surface area contributed by atoms with Crippen molar-refractivity contribution in [1.82, 2.24) is 0 Å². The molecule has 1 unspecified atom stereocenters. The minimum absolute atomic E-state index is 0.131. The first-order chi connectivity index (χ1) is 10.2. The van der Waals surface area contributed by atoms with Gasteiger partial charge in [-0.3, -0.25) is 4.79 Å². The number of hydrogen-bond donors (Lipinski definition) is 1. The fourth-order valence-electron chi connectivity index (χ4n) is 2.56. The van der Waals surface area contributed by atoms with E-state index in [1.807, 2.05) is 23.1 Å². The van der Waals surface area contributed by atoms with Crippen molar-refractivity contribution in [3.8, 4) is 5.75 Å². The van der Waals surface area contributed by atoms with E-state index in [4.69, 9.17) is 16.3 Å². The van der Waals surface area contributed by atoms with Gasteiger partial charge in [0.25, 0.3) is 0 Å². The number of hydrogen-bond acceptors (Lipinski definition) is 4. The molecule has 0 saturated carbocycles. The molecule has 1 saturated heterocycles. The lowest BCUT2D eigenvalue weighted by molar-refractivity contribution is -0.115. The first-order valence-corrected chi connectivity index (χ1v) is 6.96. The Bertz CT molecular complexity index is 644. The largest absolute Gasteiger partial charge is 0.508 e. The van der Waals surface area contributed by atoms with Crippen LogP contribution in [0, 0.1) is 0 Å². The highest BCUT2D eigenvalue weighted by Crippen LogP contribution is 2.36. The second-order valence-corrected chi connectivity index (χ2v) is 5.29. The van der Waals surface area contributed by atoms with Gasteiger partial charge in [0, 0.05) is 10.7 Å². The fourth-order valence-corrected chi connectivity index (χ4v) is 2.69. The van der Waals surface area contributed by atoms with E-state index < -0.39 is 6.23 Å². The zero-order valence-electron chi connectivity index (χ0n) is 11.1. The van der Waals surface area contributed by atoms with E-state index in [2.05, 4.69) is 0 Å². The summed E-state index contributed by atoms with van der Waals surface area (Å²) in [5.41, 5.74) is 1.75. The topological polar surface area (TPSA) is 49.8 Å². The van der Waals surface area contributed by atoms with Gasteiger partial charge in [-0.25, -0.2) is 0 Å². The van der Waals surface area contributed by atoms with Crippen molar-refractivity contribution in [2.45, 2.75) is 12.3 Å². The number of aldehydes is 1. The highest BCUT2D eigenvalue weighted by Gasteiger charge is 2.35. The van der Waals surface area contributed by atoms with Gasteiger partial charge in [-0.05, 0) is 42.0 Å². The molecule has 1 fully saturated rings. The van der Waals surface area contributed by atoms with Gasteiger partial charge in [0.05, 0.1) is 12.6 Å². The van der Waals surface area contributed by atoms with Crippen LogP contribution in [0.15, 0.2) is 48.5 Å². The monoisotopic (exact) mass is 303 g/mol. The number of ether oxygens (including phenoxy) is 1. The van der Waals surface area contributed by atoms with Crippen molar-refractivity contribution < 1.29 is 14.6 Å². The Morgan fingerprint density at radius 1 is 1.24 bits per heavy atom. The van der Waals surface area contributed by atoms with E-state index in [0.29, 0.717) is 11.6 Å². The summed E-state index contributed by atoms with van der Waals surface area (Å²) < 4.78 is 5.55. The average Bonchev–Trinajstić information content (AvgIpc) is 2.92. The normalized spacial score (nSPS) is 21.5. The molecule has 3 rings (SSSR count). The standard InChI is InChI=1S/C16H14ClNO3/c17-12-4-6-13(7-5-12)18-15(10-21-16(18)9-19)11-2-1-3-14(20)8-11/h1-9,15-16,20H,10H2/t15-,16?/m1/s1. The molecule has 0 radical (unpaired) electrons. The van der Waals surface area contributed by atoms with Crippen LogP contribution < -0.4 is 4.90 Å². The minimum atomic E-state index is -0.640. The number of rotatable bonds is 3. The summed E-state index contributed by atoms with van der Waals surface area (Å²) in [6, 6.07) is 14.1. The van der Waals surface area contributed by atoms with E-state index in [1.54, 1.807) is 30.3 Å². The van der Waals surface area contributed by atoms with Crippen LogP contribution in [-0.4, -0.2) is 24.2 Å². The molecule has 1 heterocycles. The first-order valence-electron chi connectivity index (χ1n) is 6.59. The molecule has 21 heavy (non-hydrogen) atoms. The summed E-state index contributed by atoms with van der Waals surface area (Å²) in [7, 11) is 0. The molecule has 1 N–H and O–H groups in total. The van der Waals surface area contributed by atoms with E-state index in [-0.39, 0.29) is 11.8 Å². The number of halogens is 1.